The molecule has 0 saturated heterocycles. The number of hydrogen-bond donors (Lipinski definition) is 1. The van der Waals surface area contributed by atoms with Gasteiger partial charge in [-0.3, -0.25) is 0 Å². The summed E-state index contributed by atoms with van der Waals surface area (Å²) in [6.07, 6.45) is 2.99. The Bertz CT molecular complexity index is 318. The molecule has 0 radical (unpaired) electrons. The van der Waals surface area contributed by atoms with E-state index < -0.39 is 0 Å². The van der Waals surface area contributed by atoms with Crippen molar-refractivity contribution in [3.05, 3.63) is 18.2 Å². The lowest BCUT2D eigenvalue weighted by molar-refractivity contribution is 0.283. The second kappa shape index (κ2) is 7.90. The molecule has 1 rings (SSSR count). The van der Waals surface area contributed by atoms with E-state index in [1.54, 1.807) is 0 Å². The zero-order chi connectivity index (χ0) is 12.5. The molecule has 0 unspecified atom stereocenters. The molecular formula is C13H22N2O2. The predicted molar refractivity (Wildman–Crippen MR) is 69.6 cm³/mol. The summed E-state index contributed by atoms with van der Waals surface area (Å²) in [5.74, 6) is 1.60. The summed E-state index contributed by atoms with van der Waals surface area (Å²) in [5, 5.41) is 8.70. The largest absolute Gasteiger partial charge is 0.478 e. The van der Waals surface area contributed by atoms with E-state index in [4.69, 9.17) is 9.84 Å². The second-order valence-electron chi connectivity index (χ2n) is 3.97. The van der Waals surface area contributed by atoms with E-state index in [2.05, 4.69) is 9.88 Å². The molecule has 1 aromatic rings. The van der Waals surface area contributed by atoms with Gasteiger partial charge in [0.05, 0.1) is 6.61 Å². The molecule has 0 saturated carbocycles. The van der Waals surface area contributed by atoms with Crippen LogP contribution in [0.4, 0.5) is 5.82 Å². The number of ether oxygens (including phenoxy) is 1. The first-order valence-electron chi connectivity index (χ1n) is 6.19. The van der Waals surface area contributed by atoms with Crippen LogP contribution in [0, 0.1) is 0 Å². The van der Waals surface area contributed by atoms with Crippen LogP contribution in [-0.2, 0) is 0 Å². The zero-order valence-electron chi connectivity index (χ0n) is 10.7. The minimum absolute atomic E-state index is 0.280. The third kappa shape index (κ3) is 5.04. The highest BCUT2D eigenvalue weighted by molar-refractivity contribution is 5.39. The van der Waals surface area contributed by atoms with E-state index in [0.717, 1.165) is 31.6 Å². The highest BCUT2D eigenvalue weighted by atomic mass is 16.5. The Balaban J connectivity index is 2.44. The van der Waals surface area contributed by atoms with Crippen molar-refractivity contribution in [1.82, 2.24) is 4.98 Å². The third-order valence-electron chi connectivity index (χ3n) is 2.54. The van der Waals surface area contributed by atoms with Crippen molar-refractivity contribution in [2.75, 3.05) is 31.7 Å². The summed E-state index contributed by atoms with van der Waals surface area (Å²) >= 11 is 0. The molecule has 1 aromatic heterocycles. The Morgan fingerprint density at radius 1 is 1.29 bits per heavy atom. The van der Waals surface area contributed by atoms with Gasteiger partial charge in [0.1, 0.15) is 5.82 Å². The molecule has 4 nitrogen and oxygen atoms in total. The topological polar surface area (TPSA) is 45.6 Å². The molecule has 0 atom stereocenters. The molecule has 1 N–H and O–H groups in total. The van der Waals surface area contributed by atoms with Gasteiger partial charge >= 0.3 is 0 Å². The summed E-state index contributed by atoms with van der Waals surface area (Å²) in [4.78, 5) is 6.53. The monoisotopic (exact) mass is 238 g/mol. The lowest BCUT2D eigenvalue weighted by atomic mass is 10.2. The number of hydrogen-bond acceptors (Lipinski definition) is 4. The second-order valence-corrected chi connectivity index (χ2v) is 3.97. The number of aromatic nitrogens is 1. The number of aliphatic hydroxyl groups excluding tert-OH is 1. The minimum atomic E-state index is 0.280. The fraction of sp³-hybridized carbons (Fsp3) is 0.615. The molecular weight excluding hydrogens is 216 g/mol. The predicted octanol–water partition coefficient (Wildman–Crippen LogP) is 2.08. The average molecular weight is 238 g/mol. The number of pyridine rings is 1. The van der Waals surface area contributed by atoms with E-state index in [0.29, 0.717) is 12.5 Å². The van der Waals surface area contributed by atoms with E-state index in [1.807, 2.05) is 32.2 Å². The Hall–Kier alpha value is -1.29. The third-order valence-corrected chi connectivity index (χ3v) is 2.54. The van der Waals surface area contributed by atoms with Crippen LogP contribution in [0.2, 0.25) is 0 Å². The number of unbranched alkanes of at least 4 members (excludes halogenated alkanes) is 2. The highest BCUT2D eigenvalue weighted by Gasteiger charge is 2.03. The molecule has 0 spiro atoms. The van der Waals surface area contributed by atoms with Crippen molar-refractivity contribution >= 4 is 5.82 Å². The van der Waals surface area contributed by atoms with Crippen molar-refractivity contribution in [2.24, 2.45) is 0 Å². The maximum atomic E-state index is 8.70. The minimum Gasteiger partial charge on any atom is -0.478 e. The van der Waals surface area contributed by atoms with Crippen molar-refractivity contribution in [1.29, 1.82) is 0 Å². The lowest BCUT2D eigenvalue weighted by Gasteiger charge is -2.18. The fourth-order valence-electron chi connectivity index (χ4n) is 1.60. The Labute approximate surface area is 103 Å². The lowest BCUT2D eigenvalue weighted by Crippen LogP contribution is -2.19. The fourth-order valence-corrected chi connectivity index (χ4v) is 1.60. The molecule has 0 amide bonds. The molecule has 0 aliphatic carbocycles. The average Bonchev–Trinajstić information content (AvgIpc) is 2.35. The van der Waals surface area contributed by atoms with Crippen LogP contribution in [0.15, 0.2) is 18.2 Å². The quantitative estimate of drug-likeness (QED) is 0.704. The molecule has 0 bridgehead atoms. The van der Waals surface area contributed by atoms with E-state index in [-0.39, 0.29) is 6.61 Å². The maximum Gasteiger partial charge on any atom is 0.215 e. The molecule has 0 aliphatic heterocycles. The number of nitrogens with zero attached hydrogens (tertiary/aromatic N) is 2. The first kappa shape index (κ1) is 13.8. The molecule has 17 heavy (non-hydrogen) atoms. The van der Waals surface area contributed by atoms with Gasteiger partial charge < -0.3 is 14.7 Å². The van der Waals surface area contributed by atoms with Gasteiger partial charge in [-0.25, -0.2) is 0 Å². The maximum absolute atomic E-state index is 8.70. The summed E-state index contributed by atoms with van der Waals surface area (Å²) in [5.41, 5.74) is 0. The van der Waals surface area contributed by atoms with Gasteiger partial charge in [0, 0.05) is 26.3 Å². The van der Waals surface area contributed by atoms with Crippen molar-refractivity contribution < 1.29 is 9.84 Å². The number of aliphatic hydroxyl groups is 1. The van der Waals surface area contributed by atoms with Crippen LogP contribution in [0.25, 0.3) is 0 Å². The molecule has 96 valence electrons. The van der Waals surface area contributed by atoms with Crippen LogP contribution in [-0.4, -0.2) is 36.9 Å². The Morgan fingerprint density at radius 3 is 2.82 bits per heavy atom. The van der Waals surface area contributed by atoms with Crippen LogP contribution >= 0.6 is 0 Å². The van der Waals surface area contributed by atoms with E-state index >= 15 is 0 Å². The van der Waals surface area contributed by atoms with E-state index in [9.17, 15) is 0 Å². The van der Waals surface area contributed by atoms with Crippen LogP contribution in [0.3, 0.4) is 0 Å². The number of rotatable bonds is 8. The van der Waals surface area contributed by atoms with Gasteiger partial charge in [0.15, 0.2) is 0 Å². The zero-order valence-corrected chi connectivity index (χ0v) is 10.7. The van der Waals surface area contributed by atoms with Crippen LogP contribution < -0.4 is 9.64 Å². The standard InChI is InChI=1S/C13H22N2O2/c1-3-17-13-9-7-8-12(14-13)15(2)10-5-4-6-11-16/h7-9,16H,3-6,10-11H2,1-2H3. The Morgan fingerprint density at radius 2 is 2.12 bits per heavy atom. The van der Waals surface area contributed by atoms with Crippen LogP contribution in [0.1, 0.15) is 26.2 Å². The summed E-state index contributed by atoms with van der Waals surface area (Å²) in [6, 6.07) is 5.80. The van der Waals surface area contributed by atoms with Gasteiger partial charge in [-0.1, -0.05) is 6.07 Å². The van der Waals surface area contributed by atoms with E-state index in [1.165, 1.54) is 0 Å². The summed E-state index contributed by atoms with van der Waals surface area (Å²) in [7, 11) is 2.02. The molecule has 1 heterocycles. The molecule has 0 fully saturated rings. The molecule has 4 heteroatoms. The smallest absolute Gasteiger partial charge is 0.215 e. The van der Waals surface area contributed by atoms with Crippen molar-refractivity contribution in [2.45, 2.75) is 26.2 Å². The molecule has 0 aliphatic rings. The van der Waals surface area contributed by atoms with Crippen LogP contribution in [0.5, 0.6) is 5.88 Å². The summed E-state index contributed by atoms with van der Waals surface area (Å²) < 4.78 is 5.37. The molecule has 0 aromatic carbocycles. The first-order chi connectivity index (χ1) is 8.27. The van der Waals surface area contributed by atoms with Gasteiger partial charge in [0.2, 0.25) is 5.88 Å². The van der Waals surface area contributed by atoms with Crippen molar-refractivity contribution in [3.8, 4) is 5.88 Å². The summed E-state index contributed by atoms with van der Waals surface area (Å²) in [6.45, 7) is 3.81. The van der Waals surface area contributed by atoms with Crippen molar-refractivity contribution in [3.63, 3.8) is 0 Å². The normalized spacial score (nSPS) is 10.3. The Kier molecular flexibility index (Phi) is 6.40. The van der Waals surface area contributed by atoms with Gasteiger partial charge in [-0.15, -0.1) is 0 Å². The van der Waals surface area contributed by atoms with Gasteiger partial charge in [-0.2, -0.15) is 4.98 Å². The SMILES string of the molecule is CCOc1cccc(N(C)CCCCCO)n1. The number of anilines is 1. The first-order valence-corrected chi connectivity index (χ1v) is 6.19. The highest BCUT2D eigenvalue weighted by Crippen LogP contribution is 2.15. The van der Waals surface area contributed by atoms with Gasteiger partial charge in [-0.05, 0) is 32.3 Å². The van der Waals surface area contributed by atoms with Gasteiger partial charge in [0.25, 0.3) is 0 Å².